The van der Waals surface area contributed by atoms with Gasteiger partial charge in [-0.2, -0.15) is 4.79 Å². The highest BCUT2D eigenvalue weighted by molar-refractivity contribution is 6.62. The quantitative estimate of drug-likeness (QED) is 0.221. The van der Waals surface area contributed by atoms with Crippen LogP contribution in [0.25, 0.3) is 16.7 Å². The minimum absolute atomic E-state index is 0.381. The third-order valence-electron chi connectivity index (χ3n) is 4.56. The Hall–Kier alpha value is -3.04. The average Bonchev–Trinajstić information content (AvgIpc) is 2.72. The molecule has 0 fully saturated rings. The summed E-state index contributed by atoms with van der Waals surface area (Å²) in [7, 11) is 1.16. The first-order chi connectivity index (χ1) is 13.1. The number of aryl methyl sites for hydroxylation is 1. The molecule has 0 aliphatic heterocycles. The third kappa shape index (κ3) is 5.47. The number of carbonyl (C=O) groups excluding carboxylic acids is 2. The van der Waals surface area contributed by atoms with Gasteiger partial charge in [-0.25, -0.2) is 4.79 Å². The molecular formula is C22H24N2O3. The Morgan fingerprint density at radius 3 is 2.19 bits per heavy atom. The second-order valence-corrected chi connectivity index (χ2v) is 6.39. The lowest BCUT2D eigenvalue weighted by Gasteiger charge is -2.12. The van der Waals surface area contributed by atoms with Crippen molar-refractivity contribution in [3.8, 4) is 11.1 Å². The summed E-state index contributed by atoms with van der Waals surface area (Å²) in [5.41, 5.74) is 11.9. The summed E-state index contributed by atoms with van der Waals surface area (Å²) in [4.78, 5) is 27.0. The number of rotatable bonds is 9. The first kappa shape index (κ1) is 20.3. The zero-order chi connectivity index (χ0) is 19.6. The number of Topliss-reactive ketones (excluding diaryl/α,β-unsaturated/α-hetero) is 1. The largest absolute Gasteiger partial charge is 0.460 e. The van der Waals surface area contributed by atoms with Gasteiger partial charge in [0.25, 0.3) is 5.78 Å². The predicted octanol–water partition coefficient (Wildman–Crippen LogP) is 4.12. The molecule has 0 spiro atoms. The van der Waals surface area contributed by atoms with E-state index in [9.17, 15) is 9.59 Å². The van der Waals surface area contributed by atoms with Crippen LogP contribution in [0.1, 0.15) is 31.7 Å². The van der Waals surface area contributed by atoms with E-state index in [1.54, 1.807) is 0 Å². The van der Waals surface area contributed by atoms with Crippen LogP contribution in [0.2, 0.25) is 0 Å². The van der Waals surface area contributed by atoms with Gasteiger partial charge in [-0.05, 0) is 36.0 Å². The second-order valence-electron chi connectivity index (χ2n) is 6.39. The Bertz CT molecular complexity index is 822. The van der Waals surface area contributed by atoms with Crippen molar-refractivity contribution in [1.29, 1.82) is 0 Å². The molecule has 5 nitrogen and oxygen atoms in total. The summed E-state index contributed by atoms with van der Waals surface area (Å²) in [6.45, 7) is 1.98. The van der Waals surface area contributed by atoms with E-state index in [0.717, 1.165) is 30.2 Å². The molecule has 0 aliphatic rings. The maximum Gasteiger partial charge on any atom is 0.441 e. The molecule has 0 amide bonds. The lowest BCUT2D eigenvalue weighted by atomic mass is 9.89. The van der Waals surface area contributed by atoms with Crippen LogP contribution in [-0.2, 0) is 20.7 Å². The topological polar surface area (TPSA) is 79.8 Å². The van der Waals surface area contributed by atoms with Gasteiger partial charge >= 0.3 is 11.7 Å². The maximum atomic E-state index is 12.5. The molecule has 0 heterocycles. The first-order valence-electron chi connectivity index (χ1n) is 9.09. The molecule has 2 aromatic rings. The van der Waals surface area contributed by atoms with Crippen molar-refractivity contribution in [2.75, 3.05) is 7.11 Å². The third-order valence-corrected chi connectivity index (χ3v) is 4.56. The van der Waals surface area contributed by atoms with Crippen molar-refractivity contribution in [3.63, 3.8) is 0 Å². The summed E-state index contributed by atoms with van der Waals surface area (Å²) in [5, 5.41) is 0. The number of esters is 1. The standard InChI is InChI=1S/C22H24N2O3/c1-3-7-19(21(25)20(24-23)22(26)27-2)15-12-16-10-13-18(14-11-16)17-8-5-4-6-9-17/h4-6,8-11,13-14,19H,3,7,12,15H2,1-2H3. The monoisotopic (exact) mass is 364 g/mol. The minimum Gasteiger partial charge on any atom is -0.460 e. The molecule has 0 saturated carbocycles. The van der Waals surface area contributed by atoms with E-state index in [2.05, 4.69) is 45.9 Å². The summed E-state index contributed by atoms with van der Waals surface area (Å²) in [6, 6.07) is 18.4. The van der Waals surface area contributed by atoms with Gasteiger partial charge < -0.3 is 10.3 Å². The number of carbonyl (C=O) groups is 2. The van der Waals surface area contributed by atoms with Gasteiger partial charge in [-0.3, -0.25) is 4.79 Å². The molecule has 0 bridgehead atoms. The number of methoxy groups -OCH3 is 1. The molecule has 0 aromatic heterocycles. The SMILES string of the molecule is CCCC(CCc1ccc(-c2ccccc2)cc1)C(=O)C(=[N+]=[N-])C(=O)OC. The van der Waals surface area contributed by atoms with Crippen LogP contribution < -0.4 is 0 Å². The molecule has 0 aliphatic carbocycles. The maximum absolute atomic E-state index is 12.5. The van der Waals surface area contributed by atoms with Crippen LogP contribution in [0.3, 0.4) is 0 Å². The molecule has 0 N–H and O–H groups in total. The van der Waals surface area contributed by atoms with Crippen molar-refractivity contribution in [2.24, 2.45) is 5.92 Å². The zero-order valence-electron chi connectivity index (χ0n) is 15.7. The number of nitrogens with zero attached hydrogens (tertiary/aromatic N) is 2. The Morgan fingerprint density at radius 1 is 1.00 bits per heavy atom. The van der Waals surface area contributed by atoms with Gasteiger partial charge in [-0.1, -0.05) is 67.9 Å². The van der Waals surface area contributed by atoms with Crippen LogP contribution >= 0.6 is 0 Å². The van der Waals surface area contributed by atoms with E-state index >= 15 is 0 Å². The van der Waals surface area contributed by atoms with E-state index in [1.807, 2.05) is 25.1 Å². The normalized spacial score (nSPS) is 11.3. The van der Waals surface area contributed by atoms with Crippen LogP contribution in [0, 0.1) is 5.92 Å². The minimum atomic E-state index is -0.907. The predicted molar refractivity (Wildman–Crippen MR) is 104 cm³/mol. The van der Waals surface area contributed by atoms with E-state index in [1.165, 1.54) is 0 Å². The molecular weight excluding hydrogens is 340 g/mol. The van der Waals surface area contributed by atoms with Gasteiger partial charge in [0.15, 0.2) is 0 Å². The van der Waals surface area contributed by atoms with E-state index in [4.69, 9.17) is 5.53 Å². The first-order valence-corrected chi connectivity index (χ1v) is 9.09. The lowest BCUT2D eigenvalue weighted by Crippen LogP contribution is -2.32. The van der Waals surface area contributed by atoms with Gasteiger partial charge in [-0.15, -0.1) is 0 Å². The number of hydrogen-bond acceptors (Lipinski definition) is 3. The zero-order valence-corrected chi connectivity index (χ0v) is 15.7. The summed E-state index contributed by atoms with van der Waals surface area (Å²) < 4.78 is 4.52. The molecule has 5 heteroatoms. The molecule has 0 radical (unpaired) electrons. The van der Waals surface area contributed by atoms with Crippen LogP contribution in [0.4, 0.5) is 0 Å². The van der Waals surface area contributed by atoms with Crippen LogP contribution in [-0.4, -0.2) is 29.4 Å². The fourth-order valence-corrected chi connectivity index (χ4v) is 3.07. The second kappa shape index (κ2) is 10.2. The van der Waals surface area contributed by atoms with Crippen LogP contribution in [0.5, 0.6) is 0 Å². The lowest BCUT2D eigenvalue weighted by molar-refractivity contribution is -0.140. The van der Waals surface area contributed by atoms with Gasteiger partial charge in [0.2, 0.25) is 0 Å². The van der Waals surface area contributed by atoms with Crippen molar-refractivity contribution in [3.05, 3.63) is 65.7 Å². The number of ketones is 1. The number of benzene rings is 2. The molecule has 140 valence electrons. The van der Waals surface area contributed by atoms with Crippen molar-refractivity contribution in [1.82, 2.24) is 0 Å². The Kier molecular flexibility index (Phi) is 7.65. The molecule has 2 aromatic carbocycles. The molecule has 1 unspecified atom stereocenters. The van der Waals surface area contributed by atoms with E-state index in [0.29, 0.717) is 19.3 Å². The molecule has 0 saturated heterocycles. The van der Waals surface area contributed by atoms with Crippen LogP contribution in [0.15, 0.2) is 54.6 Å². The van der Waals surface area contributed by atoms with Gasteiger partial charge in [0.05, 0.1) is 7.11 Å². The average molecular weight is 364 g/mol. The summed E-state index contributed by atoms with van der Waals surface area (Å²) in [5.74, 6) is -1.75. The summed E-state index contributed by atoms with van der Waals surface area (Å²) >= 11 is 0. The van der Waals surface area contributed by atoms with Gasteiger partial charge in [0, 0.05) is 5.92 Å². The molecule has 2 rings (SSSR count). The fraction of sp³-hybridized carbons (Fsp3) is 0.318. The number of ether oxygens (including phenoxy) is 1. The molecule has 1 atom stereocenters. The van der Waals surface area contributed by atoms with E-state index < -0.39 is 17.5 Å². The van der Waals surface area contributed by atoms with Crippen molar-refractivity contribution in [2.45, 2.75) is 32.6 Å². The summed E-state index contributed by atoms with van der Waals surface area (Å²) in [6.07, 6.45) is 2.69. The van der Waals surface area contributed by atoms with Crippen molar-refractivity contribution < 1.29 is 19.1 Å². The number of hydrogen-bond donors (Lipinski definition) is 0. The Labute approximate surface area is 159 Å². The van der Waals surface area contributed by atoms with E-state index in [-0.39, 0.29) is 5.92 Å². The smallest absolute Gasteiger partial charge is 0.441 e. The Balaban J connectivity index is 2.06. The molecule has 27 heavy (non-hydrogen) atoms. The fourth-order valence-electron chi connectivity index (χ4n) is 3.07. The van der Waals surface area contributed by atoms with Gasteiger partial charge in [0.1, 0.15) is 0 Å². The highest BCUT2D eigenvalue weighted by Crippen LogP contribution is 2.21. The highest BCUT2D eigenvalue weighted by atomic mass is 16.5. The Morgan fingerprint density at radius 2 is 1.63 bits per heavy atom. The highest BCUT2D eigenvalue weighted by Gasteiger charge is 2.35. The van der Waals surface area contributed by atoms with Crippen molar-refractivity contribution >= 4 is 17.5 Å².